The van der Waals surface area contributed by atoms with Crippen molar-refractivity contribution >= 4 is 5.82 Å². The lowest BCUT2D eigenvalue weighted by Gasteiger charge is -2.50. The molecular weight excluding hydrogens is 314 g/mol. The van der Waals surface area contributed by atoms with Crippen molar-refractivity contribution in [2.75, 3.05) is 31.6 Å². The highest BCUT2D eigenvalue weighted by atomic mass is 16.5. The van der Waals surface area contributed by atoms with Crippen LogP contribution in [0.3, 0.4) is 0 Å². The molecule has 2 aliphatic heterocycles. The van der Waals surface area contributed by atoms with Gasteiger partial charge < -0.3 is 10.1 Å². The summed E-state index contributed by atoms with van der Waals surface area (Å²) in [4.78, 5) is 6.80. The molecule has 2 saturated heterocycles. The van der Waals surface area contributed by atoms with Crippen molar-refractivity contribution in [2.45, 2.75) is 38.5 Å². The number of ether oxygens (including phenoxy) is 1. The molecule has 2 aromatic rings. The molecule has 4 rings (SSSR count). The SMILES string of the molecule is CCn1cc(CN2CC3(C2)OCC[C@@H]3CCNc2ccccn2)cn1. The number of hydrogen-bond acceptors (Lipinski definition) is 5. The Morgan fingerprint density at radius 2 is 2.28 bits per heavy atom. The topological polar surface area (TPSA) is 55.2 Å². The summed E-state index contributed by atoms with van der Waals surface area (Å²) >= 11 is 0. The lowest BCUT2D eigenvalue weighted by Crippen LogP contribution is -2.64. The second-order valence-corrected chi connectivity index (χ2v) is 7.18. The minimum Gasteiger partial charge on any atom is -0.372 e. The minimum absolute atomic E-state index is 0.0759. The predicted octanol–water partition coefficient (Wildman–Crippen LogP) is 2.39. The second-order valence-electron chi connectivity index (χ2n) is 7.18. The highest BCUT2D eigenvalue weighted by molar-refractivity contribution is 5.32. The van der Waals surface area contributed by atoms with Crippen LogP contribution in [0.4, 0.5) is 5.82 Å². The van der Waals surface area contributed by atoms with Gasteiger partial charge in [0, 0.05) is 57.3 Å². The second kappa shape index (κ2) is 7.14. The minimum atomic E-state index is 0.0759. The van der Waals surface area contributed by atoms with Gasteiger partial charge in [0.25, 0.3) is 0 Å². The van der Waals surface area contributed by atoms with E-state index in [4.69, 9.17) is 4.74 Å². The average Bonchev–Trinajstić information content (AvgIpc) is 3.23. The smallest absolute Gasteiger partial charge is 0.125 e. The summed E-state index contributed by atoms with van der Waals surface area (Å²) < 4.78 is 8.17. The molecule has 134 valence electrons. The van der Waals surface area contributed by atoms with Gasteiger partial charge in [-0.3, -0.25) is 9.58 Å². The van der Waals surface area contributed by atoms with Crippen LogP contribution in [0, 0.1) is 5.92 Å². The number of rotatable bonds is 7. The van der Waals surface area contributed by atoms with Gasteiger partial charge >= 0.3 is 0 Å². The van der Waals surface area contributed by atoms with E-state index in [1.807, 2.05) is 35.3 Å². The molecule has 2 aliphatic rings. The fourth-order valence-corrected chi connectivity index (χ4v) is 4.13. The Morgan fingerprint density at radius 1 is 1.36 bits per heavy atom. The highest BCUT2D eigenvalue weighted by Crippen LogP contribution is 2.42. The van der Waals surface area contributed by atoms with Gasteiger partial charge in [-0.25, -0.2) is 4.98 Å². The third-order valence-electron chi connectivity index (χ3n) is 5.46. The summed E-state index contributed by atoms with van der Waals surface area (Å²) in [6, 6.07) is 5.97. The summed E-state index contributed by atoms with van der Waals surface area (Å²) in [5, 5.41) is 7.79. The van der Waals surface area contributed by atoms with Crippen molar-refractivity contribution in [1.82, 2.24) is 19.7 Å². The van der Waals surface area contributed by atoms with Gasteiger partial charge in [0.1, 0.15) is 5.82 Å². The van der Waals surface area contributed by atoms with E-state index in [1.165, 1.54) is 12.0 Å². The molecule has 6 nitrogen and oxygen atoms in total. The van der Waals surface area contributed by atoms with E-state index in [2.05, 4.69) is 33.4 Å². The normalized spacial score (nSPS) is 22.2. The van der Waals surface area contributed by atoms with Crippen molar-refractivity contribution < 1.29 is 4.74 Å². The van der Waals surface area contributed by atoms with Crippen LogP contribution >= 0.6 is 0 Å². The van der Waals surface area contributed by atoms with Gasteiger partial charge in [-0.05, 0) is 37.8 Å². The van der Waals surface area contributed by atoms with Crippen LogP contribution in [0.5, 0.6) is 0 Å². The predicted molar refractivity (Wildman–Crippen MR) is 97.3 cm³/mol. The first kappa shape index (κ1) is 16.5. The number of likely N-dealkylation sites (tertiary alicyclic amines) is 1. The molecule has 2 aromatic heterocycles. The van der Waals surface area contributed by atoms with Crippen molar-refractivity contribution in [3.63, 3.8) is 0 Å². The number of anilines is 1. The van der Waals surface area contributed by atoms with E-state index in [-0.39, 0.29) is 5.60 Å². The van der Waals surface area contributed by atoms with Crippen LogP contribution < -0.4 is 5.32 Å². The summed E-state index contributed by atoms with van der Waals surface area (Å²) in [6.45, 7) is 7.96. The molecule has 6 heteroatoms. The van der Waals surface area contributed by atoms with E-state index in [0.717, 1.165) is 51.6 Å². The largest absolute Gasteiger partial charge is 0.372 e. The molecule has 0 aromatic carbocycles. The standard InChI is InChI=1S/C19H27N5O/c1-2-24-13-16(11-22-24)12-23-14-19(15-23)17(7-10-25-19)6-9-21-18-5-3-4-8-20-18/h3-5,8,11,13,17H,2,6-7,9-10,12,14-15H2,1H3,(H,20,21)/t17-/m0/s1. The maximum atomic E-state index is 6.18. The zero-order valence-electron chi connectivity index (χ0n) is 14.9. The molecular formula is C19H27N5O. The maximum absolute atomic E-state index is 6.18. The molecule has 25 heavy (non-hydrogen) atoms. The molecule has 0 aliphatic carbocycles. The van der Waals surface area contributed by atoms with E-state index in [9.17, 15) is 0 Å². The number of aryl methyl sites for hydroxylation is 1. The molecule has 2 fully saturated rings. The molecule has 0 radical (unpaired) electrons. The van der Waals surface area contributed by atoms with Crippen LogP contribution in [0.1, 0.15) is 25.3 Å². The average molecular weight is 341 g/mol. The first-order chi connectivity index (χ1) is 12.3. The van der Waals surface area contributed by atoms with E-state index < -0.39 is 0 Å². The highest BCUT2D eigenvalue weighted by Gasteiger charge is 2.52. The number of aromatic nitrogens is 3. The Kier molecular flexibility index (Phi) is 4.72. The molecule has 1 N–H and O–H groups in total. The summed E-state index contributed by atoms with van der Waals surface area (Å²) in [5.41, 5.74) is 1.37. The third kappa shape index (κ3) is 3.55. The van der Waals surface area contributed by atoms with Crippen LogP contribution in [0.2, 0.25) is 0 Å². The summed E-state index contributed by atoms with van der Waals surface area (Å²) in [5.74, 6) is 1.59. The van der Waals surface area contributed by atoms with Crippen molar-refractivity contribution in [1.29, 1.82) is 0 Å². The quantitative estimate of drug-likeness (QED) is 0.838. The van der Waals surface area contributed by atoms with E-state index in [0.29, 0.717) is 5.92 Å². The Labute approximate surface area is 149 Å². The van der Waals surface area contributed by atoms with Gasteiger partial charge in [-0.2, -0.15) is 5.10 Å². The molecule has 1 spiro atoms. The monoisotopic (exact) mass is 341 g/mol. The molecule has 4 heterocycles. The molecule has 0 unspecified atom stereocenters. The van der Waals surface area contributed by atoms with Crippen LogP contribution in [0.15, 0.2) is 36.8 Å². The van der Waals surface area contributed by atoms with Crippen molar-refractivity contribution in [2.24, 2.45) is 5.92 Å². The van der Waals surface area contributed by atoms with Crippen molar-refractivity contribution in [3.05, 3.63) is 42.4 Å². The lowest BCUT2D eigenvalue weighted by molar-refractivity contribution is -0.136. The van der Waals surface area contributed by atoms with Crippen molar-refractivity contribution in [3.8, 4) is 0 Å². The number of pyridine rings is 1. The van der Waals surface area contributed by atoms with Crippen LogP contribution in [0.25, 0.3) is 0 Å². The van der Waals surface area contributed by atoms with Gasteiger partial charge in [-0.15, -0.1) is 0 Å². The summed E-state index contributed by atoms with van der Waals surface area (Å²) in [6.07, 6.45) is 8.27. The van der Waals surface area contributed by atoms with Crippen LogP contribution in [-0.2, 0) is 17.8 Å². The molecule has 0 saturated carbocycles. The van der Waals surface area contributed by atoms with Gasteiger partial charge in [-0.1, -0.05) is 6.07 Å². The fourth-order valence-electron chi connectivity index (χ4n) is 4.13. The first-order valence-corrected chi connectivity index (χ1v) is 9.30. The Bertz CT molecular complexity index is 680. The Balaban J connectivity index is 1.26. The van der Waals surface area contributed by atoms with Crippen LogP contribution in [-0.4, -0.2) is 51.5 Å². The van der Waals surface area contributed by atoms with Gasteiger partial charge in [0.2, 0.25) is 0 Å². The lowest BCUT2D eigenvalue weighted by atomic mass is 9.79. The van der Waals surface area contributed by atoms with E-state index in [1.54, 1.807) is 0 Å². The summed E-state index contributed by atoms with van der Waals surface area (Å²) in [7, 11) is 0. The number of nitrogens with one attached hydrogen (secondary N) is 1. The number of nitrogens with zero attached hydrogens (tertiary/aromatic N) is 4. The van der Waals surface area contributed by atoms with E-state index >= 15 is 0 Å². The first-order valence-electron chi connectivity index (χ1n) is 9.30. The third-order valence-corrected chi connectivity index (χ3v) is 5.46. The van der Waals surface area contributed by atoms with Gasteiger partial charge in [0.15, 0.2) is 0 Å². The Morgan fingerprint density at radius 3 is 3.04 bits per heavy atom. The number of hydrogen-bond donors (Lipinski definition) is 1. The zero-order chi connectivity index (χ0) is 17.1. The maximum Gasteiger partial charge on any atom is 0.125 e. The Hall–Kier alpha value is -1.92. The zero-order valence-corrected chi connectivity index (χ0v) is 14.9. The molecule has 0 bridgehead atoms. The molecule has 0 amide bonds. The fraction of sp³-hybridized carbons (Fsp3) is 0.579. The molecule has 1 atom stereocenters. The van der Waals surface area contributed by atoms with Gasteiger partial charge in [0.05, 0.1) is 11.8 Å².